The maximum absolute atomic E-state index is 12.7. The van der Waals surface area contributed by atoms with Crippen molar-refractivity contribution in [1.29, 1.82) is 0 Å². The molecule has 3 aromatic rings. The van der Waals surface area contributed by atoms with Gasteiger partial charge in [-0.1, -0.05) is 54.6 Å². The first-order valence-corrected chi connectivity index (χ1v) is 10.2. The van der Waals surface area contributed by atoms with E-state index < -0.39 is 0 Å². The van der Waals surface area contributed by atoms with Crippen molar-refractivity contribution >= 4 is 11.9 Å². The van der Waals surface area contributed by atoms with Gasteiger partial charge in [0.05, 0.1) is 5.92 Å². The minimum atomic E-state index is -0.0369. The zero-order valence-corrected chi connectivity index (χ0v) is 16.7. The first kappa shape index (κ1) is 19.1. The zero-order valence-electron chi connectivity index (χ0n) is 16.7. The smallest absolute Gasteiger partial charge is 0.225 e. The van der Waals surface area contributed by atoms with E-state index in [0.717, 1.165) is 36.1 Å². The number of benzene rings is 2. The number of hydrogen-bond acceptors (Lipinski definition) is 4. The van der Waals surface area contributed by atoms with Gasteiger partial charge in [0.1, 0.15) is 0 Å². The molecule has 2 heterocycles. The highest BCUT2D eigenvalue weighted by Gasteiger charge is 2.27. The summed E-state index contributed by atoms with van der Waals surface area (Å²) in [5.74, 6) is 0.769. The van der Waals surface area contributed by atoms with E-state index in [1.807, 2.05) is 54.9 Å². The molecule has 2 aromatic carbocycles. The second-order valence-electron chi connectivity index (χ2n) is 7.57. The van der Waals surface area contributed by atoms with Crippen molar-refractivity contribution in [3.05, 3.63) is 78.1 Å². The van der Waals surface area contributed by atoms with E-state index in [0.29, 0.717) is 19.0 Å². The third-order valence-corrected chi connectivity index (χ3v) is 5.53. The topological polar surface area (TPSA) is 58.1 Å². The van der Waals surface area contributed by atoms with Gasteiger partial charge in [-0.2, -0.15) is 0 Å². The minimum Gasteiger partial charge on any atom is -0.352 e. The predicted molar refractivity (Wildman–Crippen MR) is 115 cm³/mol. The molecule has 1 saturated heterocycles. The van der Waals surface area contributed by atoms with Crippen LogP contribution < -0.4 is 10.2 Å². The number of nitrogens with zero attached hydrogens (tertiary/aromatic N) is 3. The summed E-state index contributed by atoms with van der Waals surface area (Å²) in [5.41, 5.74) is 4.46. The fourth-order valence-electron chi connectivity index (χ4n) is 3.77. The molecule has 0 unspecified atom stereocenters. The van der Waals surface area contributed by atoms with Crippen LogP contribution in [-0.4, -0.2) is 29.0 Å². The third-order valence-electron chi connectivity index (χ3n) is 5.53. The Morgan fingerprint density at radius 3 is 2.52 bits per heavy atom. The lowest BCUT2D eigenvalue weighted by molar-refractivity contribution is -0.125. The van der Waals surface area contributed by atoms with Crippen LogP contribution in [0.15, 0.2) is 67.0 Å². The molecule has 1 aliphatic heterocycles. The molecule has 1 aromatic heterocycles. The number of carbonyl (C=O) groups is 1. The molecule has 0 saturated carbocycles. The lowest BCUT2D eigenvalue weighted by atomic mass is 9.97. The summed E-state index contributed by atoms with van der Waals surface area (Å²) < 4.78 is 0. The monoisotopic (exact) mass is 386 g/mol. The number of anilines is 1. The lowest BCUT2D eigenvalue weighted by Crippen LogP contribution is -2.43. The normalized spacial score (nSPS) is 16.4. The van der Waals surface area contributed by atoms with Crippen LogP contribution in [0, 0.1) is 12.8 Å². The Morgan fingerprint density at radius 1 is 1.03 bits per heavy atom. The van der Waals surface area contributed by atoms with Crippen LogP contribution in [0.5, 0.6) is 0 Å². The fraction of sp³-hybridized carbons (Fsp3) is 0.292. The first-order valence-electron chi connectivity index (χ1n) is 10.2. The van der Waals surface area contributed by atoms with Crippen molar-refractivity contribution < 1.29 is 4.79 Å². The fourth-order valence-corrected chi connectivity index (χ4v) is 3.77. The quantitative estimate of drug-likeness (QED) is 0.720. The Bertz CT molecular complexity index is 956. The molecule has 0 spiro atoms. The Kier molecular flexibility index (Phi) is 5.84. The van der Waals surface area contributed by atoms with E-state index in [2.05, 4.69) is 39.2 Å². The highest BCUT2D eigenvalue weighted by atomic mass is 16.1. The van der Waals surface area contributed by atoms with E-state index in [1.165, 1.54) is 5.56 Å². The van der Waals surface area contributed by atoms with Crippen LogP contribution in [0.25, 0.3) is 11.1 Å². The Labute approximate surface area is 171 Å². The number of nitrogens with one attached hydrogen (secondary N) is 1. The molecule has 5 heteroatoms. The van der Waals surface area contributed by atoms with Crippen molar-refractivity contribution in [1.82, 2.24) is 15.3 Å². The van der Waals surface area contributed by atoms with Gasteiger partial charge in [-0.25, -0.2) is 9.97 Å². The van der Waals surface area contributed by atoms with E-state index in [4.69, 9.17) is 0 Å². The number of rotatable bonds is 5. The summed E-state index contributed by atoms with van der Waals surface area (Å²) in [7, 11) is 0. The van der Waals surface area contributed by atoms with Crippen molar-refractivity contribution in [2.45, 2.75) is 26.3 Å². The van der Waals surface area contributed by atoms with Crippen LogP contribution in [0.2, 0.25) is 0 Å². The lowest BCUT2D eigenvalue weighted by Gasteiger charge is -2.32. The van der Waals surface area contributed by atoms with Gasteiger partial charge in [0.15, 0.2) is 0 Å². The summed E-state index contributed by atoms with van der Waals surface area (Å²) >= 11 is 0. The van der Waals surface area contributed by atoms with Crippen LogP contribution in [0.1, 0.15) is 24.0 Å². The number of piperidine rings is 1. The molecule has 0 bridgehead atoms. The molecule has 148 valence electrons. The van der Waals surface area contributed by atoms with Gasteiger partial charge in [0, 0.05) is 37.6 Å². The van der Waals surface area contributed by atoms with Crippen LogP contribution in [0.3, 0.4) is 0 Å². The van der Waals surface area contributed by atoms with Gasteiger partial charge in [0.25, 0.3) is 0 Å². The Morgan fingerprint density at radius 2 is 1.76 bits per heavy atom. The molecule has 29 heavy (non-hydrogen) atoms. The van der Waals surface area contributed by atoms with Crippen molar-refractivity contribution in [2.75, 3.05) is 18.0 Å². The van der Waals surface area contributed by atoms with E-state index >= 15 is 0 Å². The molecule has 1 atom stereocenters. The van der Waals surface area contributed by atoms with Crippen molar-refractivity contribution in [3.8, 4) is 11.1 Å². The van der Waals surface area contributed by atoms with Gasteiger partial charge in [-0.3, -0.25) is 4.79 Å². The number of hydrogen-bond donors (Lipinski definition) is 1. The van der Waals surface area contributed by atoms with Crippen LogP contribution in [0.4, 0.5) is 5.95 Å². The van der Waals surface area contributed by atoms with Gasteiger partial charge in [-0.05, 0) is 36.5 Å². The van der Waals surface area contributed by atoms with E-state index in [1.54, 1.807) is 0 Å². The molecule has 1 N–H and O–H groups in total. The van der Waals surface area contributed by atoms with Crippen molar-refractivity contribution in [3.63, 3.8) is 0 Å². The molecule has 0 aliphatic carbocycles. The van der Waals surface area contributed by atoms with Gasteiger partial charge >= 0.3 is 0 Å². The molecular weight excluding hydrogens is 360 g/mol. The molecule has 0 radical (unpaired) electrons. The highest BCUT2D eigenvalue weighted by molar-refractivity contribution is 5.79. The van der Waals surface area contributed by atoms with Gasteiger partial charge < -0.3 is 10.2 Å². The van der Waals surface area contributed by atoms with E-state index in [9.17, 15) is 4.79 Å². The second kappa shape index (κ2) is 8.86. The summed E-state index contributed by atoms with van der Waals surface area (Å²) in [6.07, 6.45) is 5.59. The van der Waals surface area contributed by atoms with Gasteiger partial charge in [0.2, 0.25) is 11.9 Å². The van der Waals surface area contributed by atoms with Crippen molar-refractivity contribution in [2.24, 2.45) is 5.92 Å². The Balaban J connectivity index is 1.38. The Hall–Kier alpha value is -3.21. The standard InChI is InChI=1S/C24H26N4O/c1-18-8-5-6-11-20(18)14-25-23(29)21-12-7-13-28(17-21)24-26-15-22(16-27-24)19-9-3-2-4-10-19/h2-6,8-11,15-16,21H,7,12-14,17H2,1H3,(H,25,29)/t21-/m0/s1. The molecule has 1 fully saturated rings. The zero-order chi connectivity index (χ0) is 20.1. The molecule has 5 nitrogen and oxygen atoms in total. The maximum Gasteiger partial charge on any atom is 0.225 e. The summed E-state index contributed by atoms with van der Waals surface area (Å²) in [6, 6.07) is 18.3. The summed E-state index contributed by atoms with van der Waals surface area (Å²) in [6.45, 7) is 4.18. The van der Waals surface area contributed by atoms with Gasteiger partial charge in [-0.15, -0.1) is 0 Å². The largest absolute Gasteiger partial charge is 0.352 e. The average Bonchev–Trinajstić information content (AvgIpc) is 2.79. The summed E-state index contributed by atoms with van der Waals surface area (Å²) in [5, 5.41) is 3.11. The predicted octanol–water partition coefficient (Wildman–Crippen LogP) is 3.98. The van der Waals surface area contributed by atoms with Crippen LogP contribution >= 0.6 is 0 Å². The molecule has 1 amide bonds. The first-order chi connectivity index (χ1) is 14.2. The third kappa shape index (κ3) is 4.62. The number of aryl methyl sites for hydroxylation is 1. The minimum absolute atomic E-state index is 0.0369. The molecule has 4 rings (SSSR count). The summed E-state index contributed by atoms with van der Waals surface area (Å²) in [4.78, 5) is 24.0. The van der Waals surface area contributed by atoms with E-state index in [-0.39, 0.29) is 11.8 Å². The molecular formula is C24H26N4O. The number of aromatic nitrogens is 2. The van der Waals surface area contributed by atoms with Crippen LogP contribution in [-0.2, 0) is 11.3 Å². The number of amides is 1. The average molecular weight is 386 g/mol. The number of carbonyl (C=O) groups excluding carboxylic acids is 1. The maximum atomic E-state index is 12.7. The molecule has 1 aliphatic rings. The SMILES string of the molecule is Cc1ccccc1CNC(=O)[C@H]1CCCN(c2ncc(-c3ccccc3)cn2)C1. The second-order valence-corrected chi connectivity index (χ2v) is 7.57. The highest BCUT2D eigenvalue weighted by Crippen LogP contribution is 2.23.